The quantitative estimate of drug-likeness (QED) is 0.596. The smallest absolute Gasteiger partial charge is 0.280 e. The van der Waals surface area contributed by atoms with Gasteiger partial charge in [0.05, 0.1) is 54.0 Å². The van der Waals surface area contributed by atoms with Crippen LogP contribution in [-0.2, 0) is 17.8 Å². The lowest BCUT2D eigenvalue weighted by molar-refractivity contribution is -0.918. The Morgan fingerprint density at radius 3 is 2.35 bits per heavy atom. The number of amides is 1. The normalized spacial score (nSPS) is 16.6. The summed E-state index contributed by atoms with van der Waals surface area (Å²) in [5.74, 6) is 1.75. The number of hydrogen-bond donors (Lipinski definition) is 2. The molecule has 3 rings (SSSR count). The van der Waals surface area contributed by atoms with E-state index in [2.05, 4.69) is 55.3 Å². The molecule has 0 bridgehead atoms. The molecule has 1 fully saturated rings. The van der Waals surface area contributed by atoms with Crippen molar-refractivity contribution >= 4 is 5.91 Å². The molecular weight excluding hydrogens is 390 g/mol. The number of carbonyl (C=O) groups is 1. The molecule has 2 N–H and O–H groups in total. The zero-order valence-corrected chi connectivity index (χ0v) is 19.3. The Labute approximate surface area is 186 Å². The molecule has 1 unspecified atom stereocenters. The number of benzene rings is 2. The number of nitrogens with zero attached hydrogens (tertiary/aromatic N) is 1. The largest absolute Gasteiger partial charge is 0.493 e. The predicted octanol–water partition coefficient (Wildman–Crippen LogP) is 0.0768. The van der Waals surface area contributed by atoms with Gasteiger partial charge in [-0.15, -0.1) is 0 Å². The van der Waals surface area contributed by atoms with Crippen LogP contribution in [0.15, 0.2) is 48.5 Å². The van der Waals surface area contributed by atoms with Crippen molar-refractivity contribution in [2.45, 2.75) is 25.9 Å². The summed E-state index contributed by atoms with van der Waals surface area (Å²) >= 11 is 0. The zero-order chi connectivity index (χ0) is 22.2. The Morgan fingerprint density at radius 2 is 1.71 bits per heavy atom. The average Bonchev–Trinajstić information content (AvgIpc) is 2.82. The summed E-state index contributed by atoms with van der Waals surface area (Å²) in [6, 6.07) is 16.6. The SMILES string of the molecule is COc1ccc(CC[NH+](C)[C@H](C)C(=O)N2CC[NH+](Cc3ccccc3)CC2)cc1OC. The van der Waals surface area contributed by atoms with Crippen molar-refractivity contribution in [1.82, 2.24) is 4.90 Å². The van der Waals surface area contributed by atoms with Gasteiger partial charge in [-0.05, 0) is 24.6 Å². The van der Waals surface area contributed by atoms with Crippen LogP contribution in [0.2, 0.25) is 0 Å². The van der Waals surface area contributed by atoms with E-state index in [1.54, 1.807) is 19.1 Å². The lowest BCUT2D eigenvalue weighted by atomic mass is 10.1. The van der Waals surface area contributed by atoms with Crippen LogP contribution in [0.4, 0.5) is 0 Å². The van der Waals surface area contributed by atoms with Crippen LogP contribution < -0.4 is 19.3 Å². The van der Waals surface area contributed by atoms with E-state index >= 15 is 0 Å². The van der Waals surface area contributed by atoms with Gasteiger partial charge in [0, 0.05) is 12.0 Å². The van der Waals surface area contributed by atoms with Gasteiger partial charge in [-0.3, -0.25) is 4.79 Å². The number of likely N-dealkylation sites (N-methyl/N-ethyl adjacent to an activating group) is 1. The number of hydrogen-bond acceptors (Lipinski definition) is 3. The van der Waals surface area contributed by atoms with Gasteiger partial charge in [0.1, 0.15) is 6.54 Å². The highest BCUT2D eigenvalue weighted by atomic mass is 16.5. The number of ether oxygens (including phenoxy) is 2. The standard InChI is InChI=1S/C25H35N3O3/c1-20(26(2)13-12-21-10-11-23(30-3)24(18-21)31-4)25(29)28-16-14-27(15-17-28)19-22-8-6-5-7-9-22/h5-11,18,20H,12-17,19H2,1-4H3/p+2/t20-/m1/s1. The van der Waals surface area contributed by atoms with Crippen molar-refractivity contribution in [3.8, 4) is 11.5 Å². The third kappa shape index (κ3) is 6.21. The van der Waals surface area contributed by atoms with Crippen LogP contribution >= 0.6 is 0 Å². The number of rotatable bonds is 9. The van der Waals surface area contributed by atoms with E-state index in [9.17, 15) is 4.79 Å². The Morgan fingerprint density at radius 1 is 1.03 bits per heavy atom. The summed E-state index contributed by atoms with van der Waals surface area (Å²) in [4.78, 5) is 17.9. The number of quaternary nitrogens is 2. The number of methoxy groups -OCH3 is 2. The maximum Gasteiger partial charge on any atom is 0.280 e. The molecule has 168 valence electrons. The molecular formula is C25H37N3O3+2. The van der Waals surface area contributed by atoms with Gasteiger partial charge in [0.2, 0.25) is 0 Å². The first-order chi connectivity index (χ1) is 15.0. The Kier molecular flexibility index (Phi) is 8.32. The lowest BCUT2D eigenvalue weighted by Gasteiger charge is -2.34. The first kappa shape index (κ1) is 23.1. The van der Waals surface area contributed by atoms with E-state index in [4.69, 9.17) is 9.47 Å². The van der Waals surface area contributed by atoms with Gasteiger partial charge < -0.3 is 24.2 Å². The van der Waals surface area contributed by atoms with E-state index in [-0.39, 0.29) is 11.9 Å². The Bertz CT molecular complexity index is 835. The lowest BCUT2D eigenvalue weighted by Crippen LogP contribution is -3.15. The first-order valence-corrected chi connectivity index (χ1v) is 11.2. The molecule has 0 aromatic heterocycles. The fraction of sp³-hybridized carbons (Fsp3) is 0.480. The molecule has 1 aliphatic rings. The van der Waals surface area contributed by atoms with Crippen molar-refractivity contribution in [2.24, 2.45) is 0 Å². The molecule has 31 heavy (non-hydrogen) atoms. The second-order valence-electron chi connectivity index (χ2n) is 8.50. The molecule has 6 nitrogen and oxygen atoms in total. The fourth-order valence-corrected chi connectivity index (χ4v) is 4.18. The summed E-state index contributed by atoms with van der Waals surface area (Å²) in [5, 5.41) is 0. The minimum atomic E-state index is -0.0455. The fourth-order valence-electron chi connectivity index (χ4n) is 4.18. The molecule has 0 saturated carbocycles. The molecule has 1 saturated heterocycles. The third-order valence-corrected chi connectivity index (χ3v) is 6.44. The van der Waals surface area contributed by atoms with E-state index in [0.717, 1.165) is 57.2 Å². The summed E-state index contributed by atoms with van der Waals surface area (Å²) in [6.07, 6.45) is 0.888. The van der Waals surface area contributed by atoms with Gasteiger partial charge in [-0.2, -0.15) is 0 Å². The highest BCUT2D eigenvalue weighted by molar-refractivity contribution is 5.80. The summed E-state index contributed by atoms with van der Waals surface area (Å²) in [5.41, 5.74) is 2.56. The van der Waals surface area contributed by atoms with Gasteiger partial charge in [-0.25, -0.2) is 0 Å². The molecule has 0 radical (unpaired) electrons. The van der Waals surface area contributed by atoms with Crippen LogP contribution in [0, 0.1) is 0 Å². The zero-order valence-electron chi connectivity index (χ0n) is 19.3. The second-order valence-corrected chi connectivity index (χ2v) is 8.50. The highest BCUT2D eigenvalue weighted by Crippen LogP contribution is 2.27. The van der Waals surface area contributed by atoms with E-state index in [1.165, 1.54) is 16.0 Å². The van der Waals surface area contributed by atoms with Gasteiger partial charge >= 0.3 is 0 Å². The van der Waals surface area contributed by atoms with Crippen LogP contribution in [0.5, 0.6) is 11.5 Å². The highest BCUT2D eigenvalue weighted by Gasteiger charge is 2.30. The van der Waals surface area contributed by atoms with E-state index in [0.29, 0.717) is 0 Å². The third-order valence-electron chi connectivity index (χ3n) is 6.44. The predicted molar refractivity (Wildman–Crippen MR) is 122 cm³/mol. The maximum atomic E-state index is 13.1. The summed E-state index contributed by atoms with van der Waals surface area (Å²) < 4.78 is 10.7. The van der Waals surface area contributed by atoms with E-state index in [1.807, 2.05) is 12.1 Å². The van der Waals surface area contributed by atoms with E-state index < -0.39 is 0 Å². The van der Waals surface area contributed by atoms with Crippen LogP contribution in [0.1, 0.15) is 18.1 Å². The molecule has 2 atom stereocenters. The second kappa shape index (κ2) is 11.2. The van der Waals surface area contributed by atoms with Crippen molar-refractivity contribution in [3.63, 3.8) is 0 Å². The monoisotopic (exact) mass is 427 g/mol. The molecule has 0 spiro atoms. The molecule has 2 aromatic carbocycles. The molecule has 1 aliphatic heterocycles. The van der Waals surface area contributed by atoms with Crippen LogP contribution in [0.25, 0.3) is 0 Å². The van der Waals surface area contributed by atoms with Crippen molar-refractivity contribution in [3.05, 3.63) is 59.7 Å². The van der Waals surface area contributed by atoms with Crippen LogP contribution in [-0.4, -0.2) is 70.8 Å². The van der Waals surface area contributed by atoms with Crippen molar-refractivity contribution in [2.75, 3.05) is 54.0 Å². The van der Waals surface area contributed by atoms with Gasteiger partial charge in [-0.1, -0.05) is 36.4 Å². The Balaban J connectivity index is 1.46. The minimum absolute atomic E-state index is 0.0455. The summed E-state index contributed by atoms with van der Waals surface area (Å²) in [7, 11) is 5.41. The Hall–Kier alpha value is -2.57. The molecule has 6 heteroatoms. The molecule has 1 amide bonds. The number of nitrogens with one attached hydrogen (secondary N) is 2. The van der Waals surface area contributed by atoms with Gasteiger partial charge in [0.15, 0.2) is 17.5 Å². The molecule has 0 aliphatic carbocycles. The first-order valence-electron chi connectivity index (χ1n) is 11.2. The van der Waals surface area contributed by atoms with Crippen molar-refractivity contribution < 1.29 is 24.1 Å². The van der Waals surface area contributed by atoms with Crippen molar-refractivity contribution in [1.29, 1.82) is 0 Å². The topological polar surface area (TPSA) is 47.7 Å². The average molecular weight is 428 g/mol. The van der Waals surface area contributed by atoms with Crippen LogP contribution in [0.3, 0.4) is 0 Å². The van der Waals surface area contributed by atoms with Gasteiger partial charge in [0.25, 0.3) is 5.91 Å². The maximum absolute atomic E-state index is 13.1. The summed E-state index contributed by atoms with van der Waals surface area (Å²) in [6.45, 7) is 7.69. The number of piperazine rings is 1. The minimum Gasteiger partial charge on any atom is -0.493 e. The number of carbonyl (C=O) groups excluding carboxylic acids is 1. The molecule has 2 aromatic rings. The molecule has 1 heterocycles.